The third-order valence-corrected chi connectivity index (χ3v) is 8.84. The zero-order chi connectivity index (χ0) is 30.0. The van der Waals surface area contributed by atoms with Crippen molar-refractivity contribution in [1.29, 1.82) is 5.26 Å². The highest BCUT2D eigenvalue weighted by molar-refractivity contribution is 8.01. The van der Waals surface area contributed by atoms with Crippen LogP contribution in [0.2, 0.25) is 0 Å². The molecule has 11 nitrogen and oxygen atoms in total. The summed E-state index contributed by atoms with van der Waals surface area (Å²) in [5.74, 6) is -0.789. The first-order valence-electron chi connectivity index (χ1n) is 13.1. The number of nitrogens with one attached hydrogen (secondary N) is 2. The predicted molar refractivity (Wildman–Crippen MR) is 161 cm³/mol. The lowest BCUT2D eigenvalue weighted by atomic mass is 9.69. The number of nitriles is 1. The van der Waals surface area contributed by atoms with Gasteiger partial charge in [-0.25, -0.2) is 0 Å². The summed E-state index contributed by atoms with van der Waals surface area (Å²) in [6.45, 7) is 5.48. The Kier molecular flexibility index (Phi) is 8.11. The van der Waals surface area contributed by atoms with Gasteiger partial charge in [0.25, 0.3) is 0 Å². The molecule has 3 aromatic rings. The van der Waals surface area contributed by atoms with Crippen molar-refractivity contribution in [2.75, 3.05) is 21.3 Å². The second kappa shape index (κ2) is 11.8. The topological polar surface area (TPSA) is 167 Å². The first-order chi connectivity index (χ1) is 20.1. The van der Waals surface area contributed by atoms with E-state index in [-0.39, 0.29) is 40.2 Å². The number of amides is 2. The monoisotopic (exact) mass is 600 g/mol. The summed E-state index contributed by atoms with van der Waals surface area (Å²) in [5.41, 5.74) is 9.77. The Balaban J connectivity index is 1.38. The van der Waals surface area contributed by atoms with E-state index < -0.39 is 5.92 Å². The van der Waals surface area contributed by atoms with Gasteiger partial charge in [0.05, 0.1) is 23.3 Å². The molecule has 1 unspecified atom stereocenters. The number of nitrogens with zero attached hydrogens (tertiary/aromatic N) is 5. The lowest BCUT2D eigenvalue weighted by Crippen LogP contribution is -2.42. The Morgan fingerprint density at radius 3 is 2.52 bits per heavy atom. The Labute approximate surface area is 250 Å². The minimum Gasteiger partial charge on any atom is -0.384 e. The second-order valence-corrected chi connectivity index (χ2v) is 12.9. The van der Waals surface area contributed by atoms with Crippen molar-refractivity contribution >= 4 is 57.2 Å². The standard InChI is InChI=1S/C29H28N8O3S2/c1-16(38)33-18-6-8-19(9-7-18)34-23(40)15-41-28-36-35-27(42-28)37-21-11-29(2,3)12-22(39)25(21)24(20(13-30)26(37)31)17-5-4-10-32-14-17/h4-10,14,24H,11-12,15,31H2,1-3H3,(H,33,38)(H,34,40). The zero-order valence-electron chi connectivity index (χ0n) is 23.2. The molecule has 4 N–H and O–H groups in total. The molecule has 13 heteroatoms. The van der Waals surface area contributed by atoms with Crippen LogP contribution < -0.4 is 21.3 Å². The summed E-state index contributed by atoms with van der Waals surface area (Å²) in [4.78, 5) is 43.3. The smallest absolute Gasteiger partial charge is 0.234 e. The van der Waals surface area contributed by atoms with Crippen molar-refractivity contribution in [2.45, 2.75) is 43.9 Å². The average molecular weight is 601 g/mol. The van der Waals surface area contributed by atoms with Crippen LogP contribution in [0.3, 0.4) is 0 Å². The molecule has 2 aromatic heterocycles. The van der Waals surface area contributed by atoms with E-state index in [2.05, 4.69) is 31.9 Å². The van der Waals surface area contributed by atoms with Crippen molar-refractivity contribution in [1.82, 2.24) is 15.2 Å². The van der Waals surface area contributed by atoms with Crippen LogP contribution in [-0.2, 0) is 14.4 Å². The highest BCUT2D eigenvalue weighted by Gasteiger charge is 2.45. The number of hydrogen-bond acceptors (Lipinski definition) is 11. The molecule has 5 rings (SSSR count). The minimum absolute atomic E-state index is 0.0405. The van der Waals surface area contributed by atoms with Gasteiger partial charge >= 0.3 is 0 Å². The predicted octanol–water partition coefficient (Wildman–Crippen LogP) is 4.56. The molecule has 1 atom stereocenters. The van der Waals surface area contributed by atoms with Crippen LogP contribution in [0.4, 0.5) is 16.5 Å². The van der Waals surface area contributed by atoms with Gasteiger partial charge in [-0.15, -0.1) is 10.2 Å². The highest BCUT2D eigenvalue weighted by atomic mass is 32.2. The van der Waals surface area contributed by atoms with Crippen LogP contribution in [0.15, 0.2) is 75.8 Å². The van der Waals surface area contributed by atoms with Crippen molar-refractivity contribution in [2.24, 2.45) is 11.1 Å². The van der Waals surface area contributed by atoms with Gasteiger partial charge in [-0.05, 0) is 47.7 Å². The summed E-state index contributed by atoms with van der Waals surface area (Å²) in [6, 6.07) is 12.7. The largest absolute Gasteiger partial charge is 0.384 e. The number of anilines is 3. The van der Waals surface area contributed by atoms with Crippen molar-refractivity contribution < 1.29 is 14.4 Å². The van der Waals surface area contributed by atoms with E-state index in [0.717, 1.165) is 5.56 Å². The van der Waals surface area contributed by atoms with E-state index in [1.807, 2.05) is 19.9 Å². The molecule has 0 fully saturated rings. The molecule has 42 heavy (non-hydrogen) atoms. The molecule has 1 aliphatic carbocycles. The van der Waals surface area contributed by atoms with Gasteiger partial charge in [0.15, 0.2) is 10.1 Å². The number of thioether (sulfide) groups is 1. The van der Waals surface area contributed by atoms with E-state index in [1.165, 1.54) is 30.0 Å². The SMILES string of the molecule is CC(=O)Nc1ccc(NC(=O)CSc2nnc(N3C(N)=C(C#N)C(c4cccnc4)C4=C3CC(C)(C)CC4=O)s2)cc1. The number of benzene rings is 1. The molecule has 0 saturated heterocycles. The van der Waals surface area contributed by atoms with E-state index in [4.69, 9.17) is 5.73 Å². The second-order valence-electron chi connectivity index (χ2n) is 10.7. The average Bonchev–Trinajstić information content (AvgIpc) is 3.40. The molecule has 3 heterocycles. The molecule has 1 aliphatic heterocycles. The number of hydrogen-bond donors (Lipinski definition) is 3. The van der Waals surface area contributed by atoms with Gasteiger partial charge in [0.1, 0.15) is 5.82 Å². The Morgan fingerprint density at radius 2 is 1.88 bits per heavy atom. The number of carbonyl (C=O) groups excluding carboxylic acids is 3. The maximum absolute atomic E-state index is 13.6. The molecule has 0 saturated carbocycles. The maximum atomic E-state index is 13.6. The Bertz CT molecular complexity index is 1660. The molecule has 0 spiro atoms. The summed E-state index contributed by atoms with van der Waals surface area (Å²) >= 11 is 2.45. The number of ketones is 1. The molecule has 0 bridgehead atoms. The van der Waals surface area contributed by atoms with Crippen molar-refractivity contribution in [3.8, 4) is 6.07 Å². The number of aromatic nitrogens is 3. The number of carbonyl (C=O) groups is 3. The maximum Gasteiger partial charge on any atom is 0.234 e. The van der Waals surface area contributed by atoms with Crippen molar-refractivity contribution in [3.05, 3.63) is 77.0 Å². The molecule has 2 aliphatic rings. The number of nitrogens with two attached hydrogens (primary N) is 1. The van der Waals surface area contributed by atoms with Gasteiger partial charge in [-0.3, -0.25) is 24.3 Å². The Hall–Kier alpha value is -4.54. The minimum atomic E-state index is -0.615. The third kappa shape index (κ3) is 6.05. The molecule has 2 amide bonds. The van der Waals surface area contributed by atoms with Gasteiger partial charge in [-0.1, -0.05) is 43.0 Å². The van der Waals surface area contributed by atoms with E-state index in [1.54, 1.807) is 47.6 Å². The van der Waals surface area contributed by atoms with Gasteiger partial charge < -0.3 is 16.4 Å². The number of pyridine rings is 1. The number of Topliss-reactive ketones (excluding diaryl/α,β-unsaturated/α-hetero) is 1. The summed E-state index contributed by atoms with van der Waals surface area (Å²) in [5, 5.41) is 24.7. The fourth-order valence-corrected chi connectivity index (χ4v) is 6.80. The Morgan fingerprint density at radius 1 is 1.17 bits per heavy atom. The quantitative estimate of drug-likeness (QED) is 0.327. The molecular weight excluding hydrogens is 573 g/mol. The van der Waals surface area contributed by atoms with Crippen LogP contribution in [-0.4, -0.2) is 38.5 Å². The summed E-state index contributed by atoms with van der Waals surface area (Å²) in [7, 11) is 0. The van der Waals surface area contributed by atoms with Crippen LogP contribution in [0, 0.1) is 16.7 Å². The van der Waals surface area contributed by atoms with E-state index in [9.17, 15) is 19.6 Å². The third-order valence-electron chi connectivity index (χ3n) is 6.80. The highest BCUT2D eigenvalue weighted by Crippen LogP contribution is 2.50. The number of rotatable bonds is 7. The fraction of sp³-hybridized carbons (Fsp3) is 0.276. The normalized spacial score (nSPS) is 17.9. The number of allylic oxidation sites excluding steroid dienone is 3. The van der Waals surface area contributed by atoms with Crippen molar-refractivity contribution in [3.63, 3.8) is 0 Å². The van der Waals surface area contributed by atoms with Gasteiger partial charge in [0.2, 0.25) is 16.9 Å². The summed E-state index contributed by atoms with van der Waals surface area (Å²) in [6.07, 6.45) is 4.20. The summed E-state index contributed by atoms with van der Waals surface area (Å²) < 4.78 is 0.533. The lowest BCUT2D eigenvalue weighted by molar-refractivity contribution is -0.118. The van der Waals surface area contributed by atoms with E-state index >= 15 is 0 Å². The molecule has 1 aromatic carbocycles. The van der Waals surface area contributed by atoms with Crippen LogP contribution in [0.1, 0.15) is 45.1 Å². The van der Waals surface area contributed by atoms with Gasteiger partial charge in [0, 0.05) is 48.4 Å². The van der Waals surface area contributed by atoms with Crippen LogP contribution in [0.25, 0.3) is 0 Å². The lowest BCUT2D eigenvalue weighted by Gasteiger charge is -2.42. The van der Waals surface area contributed by atoms with Crippen LogP contribution >= 0.6 is 23.1 Å². The molecule has 214 valence electrons. The van der Waals surface area contributed by atoms with E-state index in [0.29, 0.717) is 45.0 Å². The molecule has 0 radical (unpaired) electrons. The fourth-order valence-electron chi connectivity index (χ4n) is 5.12. The molecular formula is C29H28N8O3S2. The first kappa shape index (κ1) is 29.0. The van der Waals surface area contributed by atoms with Gasteiger partial charge in [-0.2, -0.15) is 5.26 Å². The zero-order valence-corrected chi connectivity index (χ0v) is 24.8. The first-order valence-corrected chi connectivity index (χ1v) is 14.9. The van der Waals surface area contributed by atoms with Crippen LogP contribution in [0.5, 0.6) is 0 Å².